The van der Waals surface area contributed by atoms with Crippen LogP contribution in [0.25, 0.3) is 0 Å². The Balaban J connectivity index is 2.21. The summed E-state index contributed by atoms with van der Waals surface area (Å²) < 4.78 is 13.1. The van der Waals surface area contributed by atoms with Gasteiger partial charge in [0.1, 0.15) is 11.9 Å². The molecule has 5 nitrogen and oxygen atoms in total. The molecule has 1 aromatic heterocycles. The maximum atomic E-state index is 13.1. The summed E-state index contributed by atoms with van der Waals surface area (Å²) in [6, 6.07) is 10.4. The highest BCUT2D eigenvalue weighted by atomic mass is 19.1. The van der Waals surface area contributed by atoms with E-state index in [1.165, 1.54) is 12.1 Å². The lowest BCUT2D eigenvalue weighted by atomic mass is 10.1. The van der Waals surface area contributed by atoms with Crippen LogP contribution < -0.4 is 5.32 Å². The summed E-state index contributed by atoms with van der Waals surface area (Å²) in [5.41, 5.74) is 1.03. The summed E-state index contributed by atoms with van der Waals surface area (Å²) in [6.45, 7) is -0.326. The van der Waals surface area contributed by atoms with E-state index >= 15 is 0 Å². The van der Waals surface area contributed by atoms with Crippen LogP contribution in [0.1, 0.15) is 11.7 Å². The first-order valence-corrected chi connectivity index (χ1v) is 5.70. The Kier molecular flexibility index (Phi) is 4.02. The number of hydrogen-bond acceptors (Lipinski definition) is 4. The van der Waals surface area contributed by atoms with E-state index < -0.39 is 16.8 Å². The highest BCUT2D eigenvalue weighted by Gasteiger charge is 2.18. The molecule has 1 unspecified atom stereocenters. The van der Waals surface area contributed by atoms with Crippen LogP contribution in [0.15, 0.2) is 48.7 Å². The SMILES string of the molecule is O=[N+]([O-])CC(Nc1cccc(F)c1)c1ccccn1. The van der Waals surface area contributed by atoms with Gasteiger partial charge < -0.3 is 5.32 Å². The van der Waals surface area contributed by atoms with Crippen LogP contribution >= 0.6 is 0 Å². The predicted molar refractivity (Wildman–Crippen MR) is 68.9 cm³/mol. The van der Waals surface area contributed by atoms with Crippen molar-refractivity contribution in [1.82, 2.24) is 4.98 Å². The Morgan fingerprint density at radius 3 is 2.79 bits per heavy atom. The quantitative estimate of drug-likeness (QED) is 0.663. The van der Waals surface area contributed by atoms with E-state index in [9.17, 15) is 14.5 Å². The fraction of sp³-hybridized carbons (Fsp3) is 0.154. The van der Waals surface area contributed by atoms with Gasteiger partial charge >= 0.3 is 0 Å². The second kappa shape index (κ2) is 5.90. The topological polar surface area (TPSA) is 68.1 Å². The number of rotatable bonds is 5. The fourth-order valence-corrected chi connectivity index (χ4v) is 1.72. The van der Waals surface area contributed by atoms with Crippen LogP contribution in [-0.2, 0) is 0 Å². The van der Waals surface area contributed by atoms with Gasteiger partial charge in [-0.3, -0.25) is 15.1 Å². The summed E-state index contributed by atoms with van der Waals surface area (Å²) in [5.74, 6) is -0.397. The smallest absolute Gasteiger partial charge is 0.229 e. The van der Waals surface area contributed by atoms with Crippen LogP contribution in [0, 0.1) is 15.9 Å². The molecule has 0 saturated carbocycles. The molecule has 0 saturated heterocycles. The average Bonchev–Trinajstić information content (AvgIpc) is 2.38. The molecule has 98 valence electrons. The summed E-state index contributed by atoms with van der Waals surface area (Å²) in [6.07, 6.45) is 1.57. The Bertz CT molecular complexity index is 563. The Morgan fingerprint density at radius 2 is 2.16 bits per heavy atom. The van der Waals surface area contributed by atoms with Gasteiger partial charge in [0.2, 0.25) is 6.54 Å². The maximum absolute atomic E-state index is 13.1. The minimum atomic E-state index is -0.599. The zero-order valence-electron chi connectivity index (χ0n) is 9.99. The molecule has 0 amide bonds. The number of anilines is 1. The van der Waals surface area contributed by atoms with Crippen molar-refractivity contribution in [1.29, 1.82) is 0 Å². The van der Waals surface area contributed by atoms with Gasteiger partial charge in [-0.2, -0.15) is 0 Å². The van der Waals surface area contributed by atoms with Crippen LogP contribution in [0.3, 0.4) is 0 Å². The molecule has 0 bridgehead atoms. The first-order valence-electron chi connectivity index (χ1n) is 5.70. The normalized spacial score (nSPS) is 11.8. The second-order valence-electron chi connectivity index (χ2n) is 3.98. The minimum absolute atomic E-state index is 0.326. The van der Waals surface area contributed by atoms with E-state index in [0.29, 0.717) is 11.4 Å². The lowest BCUT2D eigenvalue weighted by Crippen LogP contribution is -2.21. The van der Waals surface area contributed by atoms with Crippen molar-refractivity contribution in [2.24, 2.45) is 0 Å². The third kappa shape index (κ3) is 3.74. The minimum Gasteiger partial charge on any atom is -0.371 e. The maximum Gasteiger partial charge on any atom is 0.229 e. The van der Waals surface area contributed by atoms with E-state index in [-0.39, 0.29) is 6.54 Å². The standard InChI is InChI=1S/C13H12FN3O2/c14-10-4-3-5-11(8-10)16-13(9-17(18)19)12-6-1-2-7-15-12/h1-8,13,16H,9H2. The summed E-state index contributed by atoms with van der Waals surface area (Å²) >= 11 is 0. The predicted octanol–water partition coefficient (Wildman–Crippen LogP) is 2.65. The molecule has 1 heterocycles. The molecule has 0 fully saturated rings. The Labute approximate surface area is 109 Å². The molecular weight excluding hydrogens is 249 g/mol. The van der Waals surface area contributed by atoms with E-state index in [2.05, 4.69) is 10.3 Å². The van der Waals surface area contributed by atoms with Gasteiger partial charge in [-0.15, -0.1) is 0 Å². The molecular formula is C13H12FN3O2. The highest BCUT2D eigenvalue weighted by Crippen LogP contribution is 2.18. The van der Waals surface area contributed by atoms with Gasteiger partial charge in [-0.1, -0.05) is 12.1 Å². The number of halogens is 1. The van der Waals surface area contributed by atoms with Gasteiger partial charge in [-0.25, -0.2) is 4.39 Å². The number of nitro groups is 1. The van der Waals surface area contributed by atoms with Gasteiger partial charge in [-0.05, 0) is 30.3 Å². The Hall–Kier alpha value is -2.50. The lowest BCUT2D eigenvalue weighted by molar-refractivity contribution is -0.482. The highest BCUT2D eigenvalue weighted by molar-refractivity contribution is 5.45. The van der Waals surface area contributed by atoms with Crippen molar-refractivity contribution < 1.29 is 9.31 Å². The molecule has 1 aromatic carbocycles. The molecule has 0 aliphatic heterocycles. The van der Waals surface area contributed by atoms with Crippen LogP contribution in [0.4, 0.5) is 10.1 Å². The van der Waals surface area contributed by atoms with Crippen molar-refractivity contribution in [3.05, 3.63) is 70.3 Å². The molecule has 2 rings (SSSR count). The van der Waals surface area contributed by atoms with E-state index in [0.717, 1.165) is 0 Å². The molecule has 0 spiro atoms. The van der Waals surface area contributed by atoms with Gasteiger partial charge in [0.05, 0.1) is 5.69 Å². The fourth-order valence-electron chi connectivity index (χ4n) is 1.72. The van der Waals surface area contributed by atoms with Crippen molar-refractivity contribution in [3.8, 4) is 0 Å². The van der Waals surface area contributed by atoms with Gasteiger partial charge in [0.25, 0.3) is 0 Å². The Morgan fingerprint density at radius 1 is 1.32 bits per heavy atom. The van der Waals surface area contributed by atoms with Crippen molar-refractivity contribution in [2.45, 2.75) is 6.04 Å². The largest absolute Gasteiger partial charge is 0.371 e. The van der Waals surface area contributed by atoms with E-state index in [1.54, 1.807) is 36.5 Å². The van der Waals surface area contributed by atoms with Crippen LogP contribution in [0.2, 0.25) is 0 Å². The molecule has 0 aliphatic carbocycles. The number of pyridine rings is 1. The molecule has 2 aromatic rings. The number of benzene rings is 1. The second-order valence-corrected chi connectivity index (χ2v) is 3.98. The van der Waals surface area contributed by atoms with Gasteiger partial charge in [0, 0.05) is 16.8 Å². The molecule has 0 aliphatic rings. The monoisotopic (exact) mass is 261 g/mol. The van der Waals surface area contributed by atoms with Crippen molar-refractivity contribution >= 4 is 5.69 Å². The summed E-state index contributed by atoms with van der Waals surface area (Å²) in [5, 5.41) is 13.6. The summed E-state index contributed by atoms with van der Waals surface area (Å²) in [7, 11) is 0. The first kappa shape index (κ1) is 12.9. The molecule has 1 N–H and O–H groups in total. The number of nitrogens with one attached hydrogen (secondary N) is 1. The van der Waals surface area contributed by atoms with E-state index in [4.69, 9.17) is 0 Å². The number of nitrogens with zero attached hydrogens (tertiary/aromatic N) is 2. The third-order valence-corrected chi connectivity index (χ3v) is 2.54. The number of aromatic nitrogens is 1. The van der Waals surface area contributed by atoms with Crippen molar-refractivity contribution in [2.75, 3.05) is 11.9 Å². The third-order valence-electron chi connectivity index (χ3n) is 2.54. The molecule has 6 heteroatoms. The van der Waals surface area contributed by atoms with Gasteiger partial charge in [0.15, 0.2) is 0 Å². The van der Waals surface area contributed by atoms with E-state index in [1.807, 2.05) is 0 Å². The van der Waals surface area contributed by atoms with Crippen molar-refractivity contribution in [3.63, 3.8) is 0 Å². The zero-order valence-corrected chi connectivity index (χ0v) is 9.99. The average molecular weight is 261 g/mol. The lowest BCUT2D eigenvalue weighted by Gasteiger charge is -2.15. The zero-order chi connectivity index (χ0) is 13.7. The molecule has 19 heavy (non-hydrogen) atoms. The summed E-state index contributed by atoms with van der Waals surface area (Å²) in [4.78, 5) is 14.4. The van der Waals surface area contributed by atoms with Crippen LogP contribution in [-0.4, -0.2) is 16.5 Å². The molecule has 0 radical (unpaired) electrons. The number of hydrogen-bond donors (Lipinski definition) is 1. The first-order chi connectivity index (χ1) is 9.15. The van der Waals surface area contributed by atoms with Crippen LogP contribution in [0.5, 0.6) is 0 Å². The molecule has 1 atom stereocenters.